The van der Waals surface area contributed by atoms with Crippen LogP contribution in [-0.4, -0.2) is 43.6 Å². The molecule has 1 unspecified atom stereocenters. The van der Waals surface area contributed by atoms with E-state index >= 15 is 0 Å². The number of nitrogens with one attached hydrogen (secondary N) is 2. The highest BCUT2D eigenvalue weighted by molar-refractivity contribution is 14.0. The normalized spacial score (nSPS) is 16.0. The first-order valence-electron chi connectivity index (χ1n) is 10.0. The molecule has 0 amide bonds. The van der Waals surface area contributed by atoms with Gasteiger partial charge >= 0.3 is 0 Å². The fourth-order valence-corrected chi connectivity index (χ4v) is 3.86. The van der Waals surface area contributed by atoms with Crippen LogP contribution in [0.15, 0.2) is 35.3 Å². The standard InChI is InChI=1S/C21H28N8.HI/c1-14-11-15(2)29(26-14)19-8-6-5-7-17(19)12-23-21(22-4)25-18-9-10-20-24-16(3)27-28(20)13-18;/h5-8,11,18H,9-10,12-13H2,1-4H3,(H2,22,23,25);1H. The molecule has 0 saturated carbocycles. The van der Waals surface area contributed by atoms with E-state index in [-0.39, 0.29) is 30.0 Å². The second kappa shape index (κ2) is 9.59. The summed E-state index contributed by atoms with van der Waals surface area (Å²) in [5.74, 6) is 2.70. The van der Waals surface area contributed by atoms with E-state index in [1.807, 2.05) is 29.3 Å². The lowest BCUT2D eigenvalue weighted by Crippen LogP contribution is -2.46. The number of benzene rings is 1. The summed E-state index contributed by atoms with van der Waals surface area (Å²) in [6, 6.07) is 10.7. The monoisotopic (exact) mass is 520 g/mol. The van der Waals surface area contributed by atoms with Crippen LogP contribution >= 0.6 is 24.0 Å². The number of nitrogens with zero attached hydrogens (tertiary/aromatic N) is 6. The van der Waals surface area contributed by atoms with E-state index in [2.05, 4.69) is 62.0 Å². The van der Waals surface area contributed by atoms with E-state index in [1.165, 1.54) is 5.56 Å². The molecule has 0 aliphatic carbocycles. The minimum absolute atomic E-state index is 0. The van der Waals surface area contributed by atoms with Gasteiger partial charge in [0, 0.05) is 31.7 Å². The molecule has 2 N–H and O–H groups in total. The average molecular weight is 520 g/mol. The van der Waals surface area contributed by atoms with Crippen LogP contribution in [-0.2, 0) is 19.5 Å². The van der Waals surface area contributed by atoms with E-state index in [0.717, 1.165) is 54.1 Å². The van der Waals surface area contributed by atoms with E-state index in [0.29, 0.717) is 6.54 Å². The molecule has 30 heavy (non-hydrogen) atoms. The van der Waals surface area contributed by atoms with E-state index < -0.39 is 0 Å². The Morgan fingerprint density at radius 1 is 1.20 bits per heavy atom. The molecule has 2 aromatic heterocycles. The van der Waals surface area contributed by atoms with Crippen molar-refractivity contribution in [2.75, 3.05) is 7.05 Å². The van der Waals surface area contributed by atoms with Crippen LogP contribution in [0.2, 0.25) is 0 Å². The zero-order valence-electron chi connectivity index (χ0n) is 17.9. The number of hydrogen-bond acceptors (Lipinski definition) is 4. The molecule has 8 nitrogen and oxygen atoms in total. The number of rotatable bonds is 4. The number of guanidine groups is 1. The van der Waals surface area contributed by atoms with Gasteiger partial charge in [-0.25, -0.2) is 14.3 Å². The first kappa shape index (κ1) is 22.3. The molecule has 160 valence electrons. The fraction of sp³-hybridized carbons (Fsp3) is 0.429. The maximum absolute atomic E-state index is 4.63. The second-order valence-electron chi connectivity index (χ2n) is 7.53. The summed E-state index contributed by atoms with van der Waals surface area (Å²) in [6.07, 6.45) is 1.94. The lowest BCUT2D eigenvalue weighted by molar-refractivity contribution is 0.392. The summed E-state index contributed by atoms with van der Waals surface area (Å²) in [5, 5.41) is 16.1. The van der Waals surface area contributed by atoms with E-state index in [1.54, 1.807) is 7.05 Å². The molecule has 0 fully saturated rings. The van der Waals surface area contributed by atoms with Gasteiger partial charge in [-0.15, -0.1) is 24.0 Å². The minimum Gasteiger partial charge on any atom is -0.352 e. The molecule has 1 aliphatic rings. The molecule has 0 radical (unpaired) electrons. The summed E-state index contributed by atoms with van der Waals surface area (Å²) in [6.45, 7) is 7.50. The van der Waals surface area contributed by atoms with Crippen LogP contribution in [0.4, 0.5) is 0 Å². The van der Waals surface area contributed by atoms with Crippen LogP contribution in [0.5, 0.6) is 0 Å². The van der Waals surface area contributed by atoms with Crippen molar-refractivity contribution in [3.8, 4) is 5.69 Å². The van der Waals surface area contributed by atoms with Gasteiger partial charge in [-0.2, -0.15) is 10.2 Å². The maximum Gasteiger partial charge on any atom is 0.191 e. The largest absolute Gasteiger partial charge is 0.352 e. The third-order valence-corrected chi connectivity index (χ3v) is 5.20. The lowest BCUT2D eigenvalue weighted by Gasteiger charge is -2.25. The number of fused-ring (bicyclic) bond motifs is 1. The molecular weight excluding hydrogens is 491 g/mol. The lowest BCUT2D eigenvalue weighted by atomic mass is 10.1. The highest BCUT2D eigenvalue weighted by Crippen LogP contribution is 2.17. The van der Waals surface area contributed by atoms with Gasteiger partial charge in [0.1, 0.15) is 11.6 Å². The summed E-state index contributed by atoms with van der Waals surface area (Å²) in [5.41, 5.74) is 4.39. The Balaban J connectivity index is 0.00000256. The Bertz CT molecular complexity index is 1040. The van der Waals surface area contributed by atoms with Crippen molar-refractivity contribution in [1.29, 1.82) is 0 Å². The van der Waals surface area contributed by atoms with Crippen LogP contribution in [0, 0.1) is 20.8 Å². The van der Waals surface area contributed by atoms with E-state index in [4.69, 9.17) is 0 Å². The fourth-order valence-electron chi connectivity index (χ4n) is 3.86. The Morgan fingerprint density at radius 3 is 2.73 bits per heavy atom. The number of aryl methyl sites for hydroxylation is 4. The maximum atomic E-state index is 4.63. The van der Waals surface area contributed by atoms with Crippen molar-refractivity contribution in [2.24, 2.45) is 4.99 Å². The SMILES string of the molecule is CN=C(NCc1ccccc1-n1nc(C)cc1C)NC1CCc2nc(C)nn2C1.I. The van der Waals surface area contributed by atoms with Crippen molar-refractivity contribution in [3.63, 3.8) is 0 Å². The predicted octanol–water partition coefficient (Wildman–Crippen LogP) is 2.69. The highest BCUT2D eigenvalue weighted by Gasteiger charge is 2.21. The molecule has 1 aliphatic heterocycles. The molecular formula is C21H29IN8. The molecule has 0 bridgehead atoms. The Hall–Kier alpha value is -2.43. The number of aromatic nitrogens is 5. The Morgan fingerprint density at radius 2 is 2.00 bits per heavy atom. The highest BCUT2D eigenvalue weighted by atomic mass is 127. The molecule has 3 aromatic rings. The first-order chi connectivity index (χ1) is 14.0. The van der Waals surface area contributed by atoms with Gasteiger partial charge < -0.3 is 10.6 Å². The summed E-state index contributed by atoms with van der Waals surface area (Å²) >= 11 is 0. The van der Waals surface area contributed by atoms with Crippen molar-refractivity contribution in [1.82, 2.24) is 35.2 Å². The molecule has 9 heteroatoms. The molecule has 0 saturated heterocycles. The van der Waals surface area contributed by atoms with E-state index in [9.17, 15) is 0 Å². The Labute approximate surface area is 194 Å². The molecule has 1 atom stereocenters. The molecule has 0 spiro atoms. The quantitative estimate of drug-likeness (QED) is 0.314. The second-order valence-corrected chi connectivity index (χ2v) is 7.53. The van der Waals surface area contributed by atoms with Crippen LogP contribution < -0.4 is 10.6 Å². The van der Waals surface area contributed by atoms with Crippen LogP contribution in [0.25, 0.3) is 5.69 Å². The number of para-hydroxylation sites is 1. The van der Waals surface area contributed by atoms with Crippen molar-refractivity contribution in [2.45, 2.75) is 52.7 Å². The molecule has 3 heterocycles. The zero-order chi connectivity index (χ0) is 20.4. The van der Waals surface area contributed by atoms with Gasteiger partial charge in [-0.05, 0) is 44.9 Å². The smallest absolute Gasteiger partial charge is 0.191 e. The average Bonchev–Trinajstić information content (AvgIpc) is 3.25. The summed E-state index contributed by atoms with van der Waals surface area (Å²) in [7, 11) is 1.80. The number of aliphatic imine (C=N–C) groups is 1. The third kappa shape index (κ3) is 4.82. The number of halogens is 1. The number of hydrogen-bond donors (Lipinski definition) is 2. The third-order valence-electron chi connectivity index (χ3n) is 5.20. The van der Waals surface area contributed by atoms with Gasteiger partial charge in [0.15, 0.2) is 5.96 Å². The first-order valence-corrected chi connectivity index (χ1v) is 10.0. The topological polar surface area (TPSA) is 84.9 Å². The van der Waals surface area contributed by atoms with Gasteiger partial charge in [0.2, 0.25) is 0 Å². The van der Waals surface area contributed by atoms with Crippen molar-refractivity contribution >= 4 is 29.9 Å². The van der Waals surface area contributed by atoms with Gasteiger partial charge in [-0.1, -0.05) is 18.2 Å². The van der Waals surface area contributed by atoms with Gasteiger partial charge in [0.05, 0.1) is 17.9 Å². The Kier molecular flexibility index (Phi) is 7.11. The summed E-state index contributed by atoms with van der Waals surface area (Å²) in [4.78, 5) is 8.89. The van der Waals surface area contributed by atoms with Crippen molar-refractivity contribution in [3.05, 3.63) is 58.9 Å². The van der Waals surface area contributed by atoms with Gasteiger partial charge in [-0.3, -0.25) is 4.99 Å². The minimum atomic E-state index is 0. The zero-order valence-corrected chi connectivity index (χ0v) is 20.2. The molecule has 4 rings (SSSR count). The van der Waals surface area contributed by atoms with Crippen LogP contribution in [0.3, 0.4) is 0 Å². The van der Waals surface area contributed by atoms with Gasteiger partial charge in [0.25, 0.3) is 0 Å². The molecule has 1 aromatic carbocycles. The van der Waals surface area contributed by atoms with Crippen LogP contribution in [0.1, 0.15) is 35.0 Å². The predicted molar refractivity (Wildman–Crippen MR) is 129 cm³/mol. The van der Waals surface area contributed by atoms with Crippen molar-refractivity contribution < 1.29 is 0 Å². The summed E-state index contributed by atoms with van der Waals surface area (Å²) < 4.78 is 4.00.